The Morgan fingerprint density at radius 1 is 1.21 bits per heavy atom. The van der Waals surface area contributed by atoms with Gasteiger partial charge in [-0.05, 0) is 30.5 Å². The van der Waals surface area contributed by atoms with Crippen molar-refractivity contribution >= 4 is 0 Å². The monoisotopic (exact) mass is 263 g/mol. The number of hydrogen-bond acceptors (Lipinski definition) is 4. The van der Waals surface area contributed by atoms with E-state index >= 15 is 0 Å². The molecular formula is C15H21NO3. The molecule has 4 nitrogen and oxygen atoms in total. The molecular weight excluding hydrogens is 242 g/mol. The zero-order valence-electron chi connectivity index (χ0n) is 11.4. The SMILES string of the molecule is COC1CC(NCc2ccc3c(c2)OCCCO3)C1. The van der Waals surface area contributed by atoms with Gasteiger partial charge in [0.2, 0.25) is 0 Å². The van der Waals surface area contributed by atoms with Crippen LogP contribution in [-0.4, -0.2) is 32.5 Å². The molecule has 19 heavy (non-hydrogen) atoms. The van der Waals surface area contributed by atoms with Crippen LogP contribution < -0.4 is 14.8 Å². The lowest BCUT2D eigenvalue weighted by Gasteiger charge is -2.34. The highest BCUT2D eigenvalue weighted by Crippen LogP contribution is 2.30. The summed E-state index contributed by atoms with van der Waals surface area (Å²) >= 11 is 0. The Kier molecular flexibility index (Phi) is 3.89. The summed E-state index contributed by atoms with van der Waals surface area (Å²) < 4.78 is 16.6. The van der Waals surface area contributed by atoms with Crippen LogP contribution in [0.25, 0.3) is 0 Å². The highest BCUT2D eigenvalue weighted by molar-refractivity contribution is 5.43. The van der Waals surface area contributed by atoms with Crippen LogP contribution in [0.4, 0.5) is 0 Å². The van der Waals surface area contributed by atoms with E-state index < -0.39 is 0 Å². The fourth-order valence-corrected chi connectivity index (χ4v) is 2.50. The van der Waals surface area contributed by atoms with Crippen molar-refractivity contribution in [1.82, 2.24) is 5.32 Å². The van der Waals surface area contributed by atoms with E-state index in [0.29, 0.717) is 12.1 Å². The largest absolute Gasteiger partial charge is 0.490 e. The first-order valence-electron chi connectivity index (χ1n) is 7.00. The lowest BCUT2D eigenvalue weighted by molar-refractivity contribution is 0.0170. The van der Waals surface area contributed by atoms with Crippen molar-refractivity contribution in [2.24, 2.45) is 0 Å². The normalized spacial score (nSPS) is 25.5. The predicted molar refractivity (Wildman–Crippen MR) is 72.7 cm³/mol. The number of benzene rings is 1. The van der Waals surface area contributed by atoms with Crippen LogP contribution in [0.1, 0.15) is 24.8 Å². The van der Waals surface area contributed by atoms with Crippen molar-refractivity contribution in [3.8, 4) is 11.5 Å². The van der Waals surface area contributed by atoms with Crippen LogP contribution in [0.15, 0.2) is 18.2 Å². The fourth-order valence-electron chi connectivity index (χ4n) is 2.50. The van der Waals surface area contributed by atoms with Crippen LogP contribution in [0.2, 0.25) is 0 Å². The predicted octanol–water partition coefficient (Wildman–Crippen LogP) is 2.11. The molecule has 1 aliphatic heterocycles. The summed E-state index contributed by atoms with van der Waals surface area (Å²) in [6.07, 6.45) is 3.62. The van der Waals surface area contributed by atoms with Crippen molar-refractivity contribution < 1.29 is 14.2 Å². The summed E-state index contributed by atoms with van der Waals surface area (Å²) in [6, 6.07) is 6.78. The molecule has 2 aliphatic rings. The van der Waals surface area contributed by atoms with Gasteiger partial charge in [-0.2, -0.15) is 0 Å². The van der Waals surface area contributed by atoms with E-state index in [1.165, 1.54) is 5.56 Å². The van der Waals surface area contributed by atoms with Gasteiger partial charge in [0, 0.05) is 26.1 Å². The fraction of sp³-hybridized carbons (Fsp3) is 0.600. The Balaban J connectivity index is 1.55. The van der Waals surface area contributed by atoms with Gasteiger partial charge in [0.1, 0.15) is 0 Å². The number of rotatable bonds is 4. The summed E-state index contributed by atoms with van der Waals surface area (Å²) in [4.78, 5) is 0. The third-order valence-corrected chi connectivity index (χ3v) is 3.83. The summed E-state index contributed by atoms with van der Waals surface area (Å²) in [5.41, 5.74) is 1.24. The van der Waals surface area contributed by atoms with Crippen LogP contribution in [0, 0.1) is 0 Å². The molecule has 1 saturated carbocycles. The van der Waals surface area contributed by atoms with E-state index in [9.17, 15) is 0 Å². The standard InChI is InChI=1S/C15H21NO3/c1-17-13-8-12(9-13)16-10-11-3-4-14-15(7-11)19-6-2-5-18-14/h3-4,7,12-13,16H,2,5-6,8-10H2,1H3. The van der Waals surface area contributed by atoms with Crippen molar-refractivity contribution in [2.75, 3.05) is 20.3 Å². The van der Waals surface area contributed by atoms with Gasteiger partial charge in [0.05, 0.1) is 19.3 Å². The first-order valence-corrected chi connectivity index (χ1v) is 7.00. The summed E-state index contributed by atoms with van der Waals surface area (Å²) in [7, 11) is 1.78. The quantitative estimate of drug-likeness (QED) is 0.903. The van der Waals surface area contributed by atoms with Crippen molar-refractivity contribution in [1.29, 1.82) is 0 Å². The van der Waals surface area contributed by atoms with Gasteiger partial charge in [0.15, 0.2) is 11.5 Å². The second-order valence-corrected chi connectivity index (χ2v) is 5.24. The number of nitrogens with one attached hydrogen (secondary N) is 1. The van der Waals surface area contributed by atoms with E-state index in [1.54, 1.807) is 7.11 Å². The molecule has 1 aromatic carbocycles. The third kappa shape index (κ3) is 3.01. The van der Waals surface area contributed by atoms with Gasteiger partial charge < -0.3 is 19.5 Å². The Morgan fingerprint density at radius 2 is 2.00 bits per heavy atom. The smallest absolute Gasteiger partial charge is 0.161 e. The average Bonchev–Trinajstić information content (AvgIpc) is 2.61. The summed E-state index contributed by atoms with van der Waals surface area (Å²) in [5, 5.41) is 3.55. The molecule has 0 bridgehead atoms. The van der Waals surface area contributed by atoms with Gasteiger partial charge in [-0.1, -0.05) is 6.07 Å². The zero-order chi connectivity index (χ0) is 13.1. The molecule has 0 spiro atoms. The Labute approximate surface area is 114 Å². The number of hydrogen-bond donors (Lipinski definition) is 1. The lowest BCUT2D eigenvalue weighted by atomic mass is 9.89. The Morgan fingerprint density at radius 3 is 2.79 bits per heavy atom. The second-order valence-electron chi connectivity index (χ2n) is 5.24. The van der Waals surface area contributed by atoms with Gasteiger partial charge >= 0.3 is 0 Å². The molecule has 1 aromatic rings. The molecule has 0 unspecified atom stereocenters. The minimum absolute atomic E-state index is 0.446. The van der Waals surface area contributed by atoms with Gasteiger partial charge in [-0.15, -0.1) is 0 Å². The minimum atomic E-state index is 0.446. The molecule has 0 saturated heterocycles. The highest BCUT2D eigenvalue weighted by atomic mass is 16.5. The van der Waals surface area contributed by atoms with Crippen LogP contribution >= 0.6 is 0 Å². The third-order valence-electron chi connectivity index (χ3n) is 3.83. The van der Waals surface area contributed by atoms with E-state index in [4.69, 9.17) is 14.2 Å². The van der Waals surface area contributed by atoms with E-state index in [1.807, 2.05) is 6.07 Å². The highest BCUT2D eigenvalue weighted by Gasteiger charge is 2.28. The van der Waals surface area contributed by atoms with E-state index in [2.05, 4.69) is 17.4 Å². The Hall–Kier alpha value is -1.26. The minimum Gasteiger partial charge on any atom is -0.490 e. The molecule has 0 aromatic heterocycles. The molecule has 0 amide bonds. The van der Waals surface area contributed by atoms with Gasteiger partial charge in [-0.3, -0.25) is 0 Å². The van der Waals surface area contributed by atoms with Crippen LogP contribution in [-0.2, 0) is 11.3 Å². The van der Waals surface area contributed by atoms with Crippen LogP contribution in [0.5, 0.6) is 11.5 Å². The first-order chi connectivity index (χ1) is 9.35. The molecule has 104 valence electrons. The lowest BCUT2D eigenvalue weighted by Crippen LogP contribution is -2.44. The van der Waals surface area contributed by atoms with E-state index in [-0.39, 0.29) is 0 Å². The maximum Gasteiger partial charge on any atom is 0.161 e. The molecule has 3 rings (SSSR count). The molecule has 4 heteroatoms. The van der Waals surface area contributed by atoms with Crippen molar-refractivity contribution in [3.63, 3.8) is 0 Å². The molecule has 0 atom stereocenters. The van der Waals surface area contributed by atoms with Crippen molar-refractivity contribution in [2.45, 2.75) is 38.0 Å². The summed E-state index contributed by atoms with van der Waals surface area (Å²) in [6.45, 7) is 2.35. The molecule has 1 N–H and O–H groups in total. The molecule has 1 fully saturated rings. The van der Waals surface area contributed by atoms with Crippen molar-refractivity contribution in [3.05, 3.63) is 23.8 Å². The van der Waals surface area contributed by atoms with Gasteiger partial charge in [0.25, 0.3) is 0 Å². The maximum absolute atomic E-state index is 5.70. The average molecular weight is 263 g/mol. The topological polar surface area (TPSA) is 39.7 Å². The molecule has 0 radical (unpaired) electrons. The Bertz CT molecular complexity index is 429. The molecule has 1 heterocycles. The first kappa shape index (κ1) is 12.8. The number of ether oxygens (including phenoxy) is 3. The van der Waals surface area contributed by atoms with Gasteiger partial charge in [-0.25, -0.2) is 0 Å². The second kappa shape index (κ2) is 5.80. The van der Waals surface area contributed by atoms with E-state index in [0.717, 1.165) is 50.5 Å². The molecule has 1 aliphatic carbocycles. The number of fused-ring (bicyclic) bond motifs is 1. The maximum atomic E-state index is 5.70. The van der Waals surface area contributed by atoms with Crippen LogP contribution in [0.3, 0.4) is 0 Å². The zero-order valence-corrected chi connectivity index (χ0v) is 11.4. The summed E-state index contributed by atoms with van der Waals surface area (Å²) in [5.74, 6) is 1.74. The number of methoxy groups -OCH3 is 1.